The Morgan fingerprint density at radius 3 is 2.09 bits per heavy atom. The Bertz CT molecular complexity index is 1430. The summed E-state index contributed by atoms with van der Waals surface area (Å²) >= 11 is 6.13. The average molecular weight is 632 g/mol. The van der Waals surface area contributed by atoms with Crippen LogP contribution in [0.5, 0.6) is 0 Å². The van der Waals surface area contributed by atoms with Crippen LogP contribution in [0.1, 0.15) is 86.9 Å². The summed E-state index contributed by atoms with van der Waals surface area (Å²) in [6, 6.07) is 2.96. The molecular weight excluding hydrogens is 594 g/mol. The topological polar surface area (TPSA) is 105 Å². The van der Waals surface area contributed by atoms with Gasteiger partial charge in [0.15, 0.2) is 5.65 Å². The summed E-state index contributed by atoms with van der Waals surface area (Å²) in [5.74, 6) is -3.21. The molecule has 9 nitrogen and oxygen atoms in total. The van der Waals surface area contributed by atoms with Crippen LogP contribution in [0.4, 0.5) is 23.2 Å². The van der Waals surface area contributed by atoms with E-state index in [0.29, 0.717) is 0 Å². The molecule has 3 rings (SSSR count). The Morgan fingerprint density at radius 2 is 1.56 bits per heavy atom. The van der Waals surface area contributed by atoms with Crippen LogP contribution >= 0.6 is 11.6 Å². The molecule has 2 heterocycles. The number of hydrogen-bond donors (Lipinski definition) is 2. The lowest BCUT2D eigenvalue weighted by atomic mass is 10.1. The van der Waals surface area contributed by atoms with Crippen LogP contribution in [0, 0.1) is 5.82 Å². The maximum Gasteiger partial charge on any atom is 0.417 e. The van der Waals surface area contributed by atoms with Crippen molar-refractivity contribution in [2.45, 2.75) is 73.1 Å². The summed E-state index contributed by atoms with van der Waals surface area (Å²) in [6.07, 6.45) is -2.88. The molecule has 0 unspecified atom stereocenters. The van der Waals surface area contributed by atoms with Gasteiger partial charge in [0.05, 0.1) is 21.8 Å². The quantitative estimate of drug-likeness (QED) is 0.180. The first-order valence-electron chi connectivity index (χ1n) is 13.5. The predicted octanol–water partition coefficient (Wildman–Crippen LogP) is 6.61. The second kappa shape index (κ2) is 15.6. The molecule has 0 bridgehead atoms. The van der Waals surface area contributed by atoms with E-state index < -0.39 is 40.9 Å². The molecule has 0 aliphatic rings. The third-order valence-electron chi connectivity index (χ3n) is 5.26. The maximum atomic E-state index is 14.6. The third kappa shape index (κ3) is 10.4. The van der Waals surface area contributed by atoms with Gasteiger partial charge in [0.2, 0.25) is 0 Å². The molecule has 0 fully saturated rings. The number of imidazole rings is 1. The molecule has 0 saturated carbocycles. The Morgan fingerprint density at radius 1 is 0.977 bits per heavy atom. The van der Waals surface area contributed by atoms with Crippen LogP contribution in [-0.2, 0) is 22.1 Å². The minimum absolute atomic E-state index is 0.0159. The lowest BCUT2D eigenvalue weighted by Gasteiger charge is -2.19. The Balaban J connectivity index is 0.00000221. The van der Waals surface area contributed by atoms with E-state index in [-0.39, 0.29) is 46.0 Å². The number of carbonyl (C=O) groups is 3. The van der Waals surface area contributed by atoms with Crippen molar-refractivity contribution in [2.24, 2.45) is 0 Å². The summed E-state index contributed by atoms with van der Waals surface area (Å²) < 4.78 is 60.7. The van der Waals surface area contributed by atoms with Gasteiger partial charge in [-0.3, -0.25) is 25.2 Å². The molecule has 0 radical (unpaired) electrons. The smallest absolute Gasteiger partial charge is 0.417 e. The number of ether oxygens (including phenoxy) is 1. The molecule has 0 atom stereocenters. The SMILES string of the molecule is CC.CC.CN(C)c1cc(C(F)(F)F)cn2cc(C(=O)NNC(=O)c3cc(F)c(CCC(=O)OC(C)(C)C)cc3Cl)nc12. The van der Waals surface area contributed by atoms with Crippen molar-refractivity contribution in [3.63, 3.8) is 0 Å². The molecule has 1 aromatic carbocycles. The van der Waals surface area contributed by atoms with Crippen molar-refractivity contribution in [1.29, 1.82) is 0 Å². The van der Waals surface area contributed by atoms with Gasteiger partial charge in [0.25, 0.3) is 11.8 Å². The highest BCUT2D eigenvalue weighted by molar-refractivity contribution is 6.34. The van der Waals surface area contributed by atoms with Gasteiger partial charge in [-0.1, -0.05) is 39.3 Å². The highest BCUT2D eigenvalue weighted by atomic mass is 35.5. The lowest BCUT2D eigenvalue weighted by Crippen LogP contribution is -2.42. The van der Waals surface area contributed by atoms with Crippen LogP contribution in [0.3, 0.4) is 0 Å². The second-order valence-corrected chi connectivity index (χ2v) is 10.2. The number of aromatic nitrogens is 2. The molecule has 238 valence electrons. The zero-order valence-electron chi connectivity index (χ0n) is 25.7. The number of hydrogen-bond acceptors (Lipinski definition) is 6. The maximum absolute atomic E-state index is 14.6. The summed E-state index contributed by atoms with van der Waals surface area (Å²) in [7, 11) is 3.05. The van der Waals surface area contributed by atoms with Crippen molar-refractivity contribution < 1.29 is 36.7 Å². The number of rotatable bonds is 6. The van der Waals surface area contributed by atoms with E-state index in [2.05, 4.69) is 15.8 Å². The molecule has 3 aromatic rings. The van der Waals surface area contributed by atoms with Crippen LogP contribution in [0.2, 0.25) is 5.02 Å². The normalized spacial score (nSPS) is 11.0. The lowest BCUT2D eigenvalue weighted by molar-refractivity contribution is -0.154. The fourth-order valence-corrected chi connectivity index (χ4v) is 3.77. The molecular formula is C29H38ClF4N5O4. The highest BCUT2D eigenvalue weighted by Crippen LogP contribution is 2.33. The molecule has 2 amide bonds. The number of hydrazine groups is 1. The summed E-state index contributed by atoms with van der Waals surface area (Å²) in [6.45, 7) is 13.1. The largest absolute Gasteiger partial charge is 0.460 e. The number of aryl methyl sites for hydroxylation is 1. The molecule has 14 heteroatoms. The van der Waals surface area contributed by atoms with E-state index >= 15 is 0 Å². The van der Waals surface area contributed by atoms with E-state index in [0.717, 1.165) is 28.9 Å². The first-order chi connectivity index (χ1) is 20.0. The minimum Gasteiger partial charge on any atom is -0.460 e. The summed E-state index contributed by atoms with van der Waals surface area (Å²) in [5.41, 5.74) is 2.23. The van der Waals surface area contributed by atoms with E-state index in [1.165, 1.54) is 25.1 Å². The summed E-state index contributed by atoms with van der Waals surface area (Å²) in [5, 5.41) is -0.134. The number of nitrogens with one attached hydrogen (secondary N) is 2. The van der Waals surface area contributed by atoms with Crippen molar-refractivity contribution in [3.05, 3.63) is 63.8 Å². The molecule has 2 N–H and O–H groups in total. The number of nitrogens with zero attached hydrogens (tertiary/aromatic N) is 3. The van der Waals surface area contributed by atoms with Gasteiger partial charge in [-0.25, -0.2) is 9.37 Å². The Hall–Kier alpha value is -3.87. The number of carbonyl (C=O) groups excluding carboxylic acids is 3. The molecule has 0 aliphatic carbocycles. The van der Waals surface area contributed by atoms with Crippen LogP contribution in [0.15, 0.2) is 30.6 Å². The number of esters is 1. The number of fused-ring (bicyclic) bond motifs is 1. The molecule has 0 spiro atoms. The fraction of sp³-hybridized carbons (Fsp3) is 0.448. The number of anilines is 1. The van der Waals surface area contributed by atoms with Crippen molar-refractivity contribution >= 4 is 40.7 Å². The zero-order valence-corrected chi connectivity index (χ0v) is 26.4. The number of benzene rings is 1. The van der Waals surface area contributed by atoms with Crippen molar-refractivity contribution in [3.8, 4) is 0 Å². The van der Waals surface area contributed by atoms with Crippen LogP contribution in [-0.4, -0.2) is 46.9 Å². The summed E-state index contributed by atoms with van der Waals surface area (Å²) in [4.78, 5) is 42.5. The van der Waals surface area contributed by atoms with Crippen molar-refractivity contribution in [2.75, 3.05) is 19.0 Å². The van der Waals surface area contributed by atoms with Gasteiger partial charge in [0.1, 0.15) is 17.1 Å². The monoisotopic (exact) mass is 631 g/mol. The molecule has 2 aromatic heterocycles. The fourth-order valence-electron chi connectivity index (χ4n) is 3.50. The molecule has 0 saturated heterocycles. The minimum atomic E-state index is -4.63. The second-order valence-electron chi connectivity index (χ2n) is 9.78. The van der Waals surface area contributed by atoms with Crippen molar-refractivity contribution in [1.82, 2.24) is 20.2 Å². The molecule has 0 aliphatic heterocycles. The predicted molar refractivity (Wildman–Crippen MR) is 158 cm³/mol. The molecule has 43 heavy (non-hydrogen) atoms. The number of alkyl halides is 3. The third-order valence-corrected chi connectivity index (χ3v) is 5.58. The van der Waals surface area contributed by atoms with E-state index in [1.54, 1.807) is 20.8 Å². The van der Waals surface area contributed by atoms with Gasteiger partial charge in [-0.15, -0.1) is 0 Å². The van der Waals surface area contributed by atoms with Crippen LogP contribution in [0.25, 0.3) is 5.65 Å². The first-order valence-corrected chi connectivity index (χ1v) is 13.9. The standard InChI is InChI=1S/C25H26ClF4N5O4.2C2H6/c1-24(2,3)39-20(36)7-6-13-8-16(26)15(10-17(13)27)22(37)32-33-23(38)18-12-35-11-14(25(28,29)30)9-19(34(4)5)21(35)31-18;2*1-2/h8-12H,6-7H2,1-5H3,(H,32,37)(H,33,38);2*1-2H3. The zero-order chi connectivity index (χ0) is 33.3. The Kier molecular flexibility index (Phi) is 13.4. The van der Waals surface area contributed by atoms with Crippen LogP contribution < -0.4 is 15.8 Å². The first kappa shape index (κ1) is 37.2. The highest BCUT2D eigenvalue weighted by Gasteiger charge is 2.32. The Labute approximate surface area is 253 Å². The van der Waals surface area contributed by atoms with Gasteiger partial charge < -0.3 is 14.0 Å². The number of pyridine rings is 1. The average Bonchev–Trinajstić information content (AvgIpc) is 3.36. The van der Waals surface area contributed by atoms with E-state index in [1.807, 2.05) is 27.7 Å². The number of halogens is 5. The van der Waals surface area contributed by atoms with E-state index in [4.69, 9.17) is 16.3 Å². The van der Waals surface area contributed by atoms with Gasteiger partial charge in [-0.05, 0) is 51.0 Å². The number of amides is 2. The van der Waals surface area contributed by atoms with Gasteiger partial charge >= 0.3 is 12.1 Å². The van der Waals surface area contributed by atoms with Gasteiger partial charge in [0, 0.05) is 32.9 Å². The van der Waals surface area contributed by atoms with Gasteiger partial charge in [-0.2, -0.15) is 13.2 Å². The van der Waals surface area contributed by atoms with E-state index in [9.17, 15) is 31.9 Å².